The van der Waals surface area contributed by atoms with Crippen molar-refractivity contribution >= 4 is 5.97 Å². The van der Waals surface area contributed by atoms with Crippen molar-refractivity contribution in [2.24, 2.45) is 0 Å². The minimum atomic E-state index is -0.287. The van der Waals surface area contributed by atoms with E-state index in [-0.39, 0.29) is 5.97 Å². The molecule has 4 nitrogen and oxygen atoms in total. The lowest BCUT2D eigenvalue weighted by atomic mass is 10.0. The first kappa shape index (κ1) is 15.6. The topological polar surface area (TPSA) is 38.8 Å². The van der Waals surface area contributed by atoms with E-state index in [0.717, 1.165) is 25.3 Å². The van der Waals surface area contributed by atoms with Gasteiger partial charge in [-0.2, -0.15) is 0 Å². The van der Waals surface area contributed by atoms with E-state index in [1.165, 1.54) is 31.6 Å². The van der Waals surface area contributed by atoms with Crippen LogP contribution in [0.2, 0.25) is 0 Å². The molecule has 1 unspecified atom stereocenters. The van der Waals surface area contributed by atoms with Gasteiger partial charge in [-0.3, -0.25) is 4.90 Å². The number of carbonyl (C=O) groups excluding carboxylic acids is 1. The minimum absolute atomic E-state index is 0.287. The molecule has 21 heavy (non-hydrogen) atoms. The van der Waals surface area contributed by atoms with Crippen molar-refractivity contribution in [2.75, 3.05) is 20.8 Å². The highest BCUT2D eigenvalue weighted by Crippen LogP contribution is 2.21. The summed E-state index contributed by atoms with van der Waals surface area (Å²) < 4.78 is 9.84. The Kier molecular flexibility index (Phi) is 5.81. The molecule has 114 valence electrons. The van der Waals surface area contributed by atoms with Crippen LogP contribution in [0.4, 0.5) is 0 Å². The monoisotopic (exact) mass is 289 g/mol. The molecule has 4 heteroatoms. The Morgan fingerprint density at radius 1 is 1.29 bits per heavy atom. The van der Waals surface area contributed by atoms with Gasteiger partial charge >= 0.3 is 5.97 Å². The lowest BCUT2D eigenvalue weighted by Gasteiger charge is -2.34. The molecule has 0 spiro atoms. The quantitative estimate of drug-likeness (QED) is 0.617. The number of hydrogen-bond donors (Lipinski definition) is 0. The maximum absolute atomic E-state index is 11.2. The number of rotatable bonds is 5. The predicted octanol–water partition coefficient (Wildman–Crippen LogP) is 2.78. The number of methoxy groups -OCH3 is 2. The van der Waals surface area contributed by atoms with E-state index in [9.17, 15) is 4.79 Å². The van der Waals surface area contributed by atoms with Gasteiger partial charge in [0.05, 0.1) is 14.2 Å². The number of piperidine rings is 1. The van der Waals surface area contributed by atoms with Gasteiger partial charge in [-0.05, 0) is 37.1 Å². The van der Waals surface area contributed by atoms with E-state index in [1.807, 2.05) is 18.2 Å². The molecule has 0 aromatic heterocycles. The number of nitrogens with zero attached hydrogens (tertiary/aromatic N) is 1. The molecule has 1 aromatic carbocycles. The highest BCUT2D eigenvalue weighted by atomic mass is 16.5. The first-order chi connectivity index (χ1) is 10.2. The summed E-state index contributed by atoms with van der Waals surface area (Å²) in [5, 5.41) is 0. The fourth-order valence-electron chi connectivity index (χ4n) is 2.65. The third-order valence-electron chi connectivity index (χ3n) is 3.86. The van der Waals surface area contributed by atoms with Crippen molar-refractivity contribution in [1.82, 2.24) is 4.90 Å². The molecule has 1 aliphatic rings. The number of likely N-dealkylation sites (tertiary alicyclic amines) is 1. The van der Waals surface area contributed by atoms with Crippen LogP contribution in [0, 0.1) is 0 Å². The fraction of sp³-hybridized carbons (Fsp3) is 0.471. The molecule has 0 N–H and O–H groups in total. The zero-order valence-corrected chi connectivity index (χ0v) is 12.7. The summed E-state index contributed by atoms with van der Waals surface area (Å²) in [5.41, 5.74) is 1.26. The standard InChI is InChI=1S/C17H23NO3/c1-20-16-9-6-14(7-10-16)13-18-12-4-3-5-15(18)8-11-17(19)21-2/h6-11,15H,3-5,12-13H2,1-2H3. The van der Waals surface area contributed by atoms with Crippen LogP contribution in [0.25, 0.3) is 0 Å². The molecule has 1 saturated heterocycles. The van der Waals surface area contributed by atoms with Gasteiger partial charge in [-0.15, -0.1) is 0 Å². The Morgan fingerprint density at radius 3 is 2.71 bits per heavy atom. The second kappa shape index (κ2) is 7.84. The van der Waals surface area contributed by atoms with Crippen molar-refractivity contribution in [1.29, 1.82) is 0 Å². The van der Waals surface area contributed by atoms with Crippen LogP contribution in [-0.2, 0) is 16.1 Å². The number of hydrogen-bond acceptors (Lipinski definition) is 4. The van der Waals surface area contributed by atoms with Crippen molar-refractivity contribution in [3.63, 3.8) is 0 Å². The second-order valence-electron chi connectivity index (χ2n) is 5.26. The summed E-state index contributed by atoms with van der Waals surface area (Å²) in [7, 11) is 3.08. The molecule has 1 aromatic rings. The normalized spacial score (nSPS) is 19.6. The molecule has 2 rings (SSSR count). The fourth-order valence-corrected chi connectivity index (χ4v) is 2.65. The van der Waals surface area contributed by atoms with Gasteiger partial charge in [0.1, 0.15) is 5.75 Å². The Bertz CT molecular complexity index is 481. The summed E-state index contributed by atoms with van der Waals surface area (Å²) in [6.45, 7) is 1.95. The van der Waals surface area contributed by atoms with Gasteiger partial charge in [0.15, 0.2) is 0 Å². The van der Waals surface area contributed by atoms with Crippen molar-refractivity contribution in [3.8, 4) is 5.75 Å². The molecule has 0 aliphatic carbocycles. The average Bonchev–Trinajstić information content (AvgIpc) is 2.54. The third-order valence-corrected chi connectivity index (χ3v) is 3.86. The van der Waals surface area contributed by atoms with Crippen molar-refractivity contribution in [3.05, 3.63) is 42.0 Å². The van der Waals surface area contributed by atoms with E-state index in [2.05, 4.69) is 21.8 Å². The van der Waals surface area contributed by atoms with Gasteiger partial charge in [0.25, 0.3) is 0 Å². The molecule has 1 atom stereocenters. The smallest absolute Gasteiger partial charge is 0.330 e. The van der Waals surface area contributed by atoms with Crippen LogP contribution in [0.5, 0.6) is 5.75 Å². The van der Waals surface area contributed by atoms with Gasteiger partial charge in [0.2, 0.25) is 0 Å². The average molecular weight is 289 g/mol. The highest BCUT2D eigenvalue weighted by molar-refractivity contribution is 5.81. The van der Waals surface area contributed by atoms with Gasteiger partial charge < -0.3 is 9.47 Å². The molecule has 1 heterocycles. The third kappa shape index (κ3) is 4.60. The van der Waals surface area contributed by atoms with Gasteiger partial charge in [-0.25, -0.2) is 4.79 Å². The molecular formula is C17H23NO3. The number of carbonyl (C=O) groups is 1. The molecule has 0 amide bonds. The summed E-state index contributed by atoms with van der Waals surface area (Å²) in [6, 6.07) is 8.46. The lowest BCUT2D eigenvalue weighted by Crippen LogP contribution is -2.37. The number of ether oxygens (including phenoxy) is 2. The first-order valence-corrected chi connectivity index (χ1v) is 7.36. The van der Waals surface area contributed by atoms with Crippen molar-refractivity contribution < 1.29 is 14.3 Å². The van der Waals surface area contributed by atoms with E-state index in [1.54, 1.807) is 7.11 Å². The minimum Gasteiger partial charge on any atom is -0.497 e. The van der Waals surface area contributed by atoms with Gasteiger partial charge in [-0.1, -0.05) is 24.6 Å². The van der Waals surface area contributed by atoms with Crippen LogP contribution in [-0.4, -0.2) is 37.7 Å². The molecule has 0 radical (unpaired) electrons. The van der Waals surface area contributed by atoms with Crippen molar-refractivity contribution in [2.45, 2.75) is 31.8 Å². The molecule has 1 fully saturated rings. The van der Waals surface area contributed by atoms with E-state index >= 15 is 0 Å². The van der Waals surface area contributed by atoms with E-state index in [4.69, 9.17) is 4.74 Å². The SMILES string of the molecule is COC(=O)C=CC1CCCCN1Cc1ccc(OC)cc1. The van der Waals surface area contributed by atoms with Crippen LogP contribution in [0.3, 0.4) is 0 Å². The molecular weight excluding hydrogens is 266 g/mol. The Morgan fingerprint density at radius 2 is 2.05 bits per heavy atom. The highest BCUT2D eigenvalue weighted by Gasteiger charge is 2.20. The lowest BCUT2D eigenvalue weighted by molar-refractivity contribution is -0.134. The Labute approximate surface area is 126 Å². The summed E-state index contributed by atoms with van der Waals surface area (Å²) in [5.74, 6) is 0.588. The Balaban J connectivity index is 2.00. The predicted molar refractivity (Wildman–Crippen MR) is 82.2 cm³/mol. The molecule has 1 aliphatic heterocycles. The number of benzene rings is 1. The van der Waals surface area contributed by atoms with E-state index < -0.39 is 0 Å². The van der Waals surface area contributed by atoms with E-state index in [0.29, 0.717) is 6.04 Å². The van der Waals surface area contributed by atoms with Gasteiger partial charge in [0, 0.05) is 18.7 Å². The second-order valence-corrected chi connectivity index (χ2v) is 5.26. The maximum Gasteiger partial charge on any atom is 0.330 e. The Hall–Kier alpha value is -1.81. The summed E-state index contributed by atoms with van der Waals surface area (Å²) in [6.07, 6.45) is 7.00. The van der Waals surface area contributed by atoms with Crippen LogP contribution in [0.15, 0.2) is 36.4 Å². The largest absolute Gasteiger partial charge is 0.497 e. The van der Waals surface area contributed by atoms with Crippen LogP contribution < -0.4 is 4.74 Å². The number of esters is 1. The summed E-state index contributed by atoms with van der Waals surface area (Å²) in [4.78, 5) is 13.7. The molecule has 0 bridgehead atoms. The molecule has 0 saturated carbocycles. The zero-order chi connectivity index (χ0) is 15.1. The first-order valence-electron chi connectivity index (χ1n) is 7.36. The summed E-state index contributed by atoms with van der Waals surface area (Å²) >= 11 is 0. The van der Waals surface area contributed by atoms with Crippen LogP contribution in [0.1, 0.15) is 24.8 Å². The van der Waals surface area contributed by atoms with Crippen LogP contribution >= 0.6 is 0 Å². The maximum atomic E-state index is 11.2. The zero-order valence-electron chi connectivity index (χ0n) is 12.7.